The second-order valence-electron chi connectivity index (χ2n) is 14.2. The van der Waals surface area contributed by atoms with Gasteiger partial charge in [-0.2, -0.15) is 10.2 Å². The molecule has 0 saturated heterocycles. The molecule has 1 unspecified atom stereocenters. The van der Waals surface area contributed by atoms with Crippen LogP contribution in [0.15, 0.2) is 34.7 Å². The van der Waals surface area contributed by atoms with Gasteiger partial charge in [-0.15, -0.1) is 0 Å². The fourth-order valence-corrected chi connectivity index (χ4v) is 9.80. The Morgan fingerprint density at radius 2 is 1.84 bits per heavy atom. The molecule has 204 valence electrons. The first-order valence-corrected chi connectivity index (χ1v) is 15.4. The molecular weight excluding hydrogens is 454 g/mol. The molecule has 37 heavy (non-hydrogen) atoms. The van der Waals surface area contributed by atoms with Gasteiger partial charge in [0, 0.05) is 29.6 Å². The van der Waals surface area contributed by atoms with Gasteiger partial charge in [0.2, 0.25) is 0 Å². The van der Waals surface area contributed by atoms with Crippen LogP contribution in [0.4, 0.5) is 0 Å². The molecule has 4 nitrogen and oxygen atoms in total. The Morgan fingerprint density at radius 3 is 2.59 bits per heavy atom. The molecule has 4 aliphatic carbocycles. The molecule has 0 bridgehead atoms. The molecule has 1 aromatic heterocycles. The predicted octanol–water partition coefficient (Wildman–Crippen LogP) is 7.95. The highest BCUT2D eigenvalue weighted by atomic mass is 16.3. The van der Waals surface area contributed by atoms with Crippen molar-refractivity contribution in [2.75, 3.05) is 0 Å². The van der Waals surface area contributed by atoms with Crippen LogP contribution < -0.4 is 0 Å². The van der Waals surface area contributed by atoms with Gasteiger partial charge in [0.05, 0.1) is 12.3 Å². The lowest BCUT2D eigenvalue weighted by Gasteiger charge is -2.61. The predicted molar refractivity (Wildman–Crippen MR) is 154 cm³/mol. The third-order valence-corrected chi connectivity index (χ3v) is 11.7. The summed E-state index contributed by atoms with van der Waals surface area (Å²) >= 11 is 0. The van der Waals surface area contributed by atoms with E-state index >= 15 is 0 Å². The Kier molecular flexibility index (Phi) is 7.97. The molecule has 9 atom stereocenters. The van der Waals surface area contributed by atoms with E-state index in [9.17, 15) is 5.11 Å². The van der Waals surface area contributed by atoms with Crippen molar-refractivity contribution in [3.63, 3.8) is 0 Å². The fourth-order valence-electron chi connectivity index (χ4n) is 9.80. The van der Waals surface area contributed by atoms with Crippen LogP contribution in [0.25, 0.3) is 0 Å². The monoisotopic (exact) mass is 505 g/mol. The minimum atomic E-state index is -0.196. The summed E-state index contributed by atoms with van der Waals surface area (Å²) in [5.74, 6) is 5.17. The van der Waals surface area contributed by atoms with Gasteiger partial charge in [-0.25, -0.2) is 0 Å². The van der Waals surface area contributed by atoms with E-state index in [1.807, 2.05) is 24.5 Å². The Morgan fingerprint density at radius 1 is 1.05 bits per heavy atom. The second-order valence-corrected chi connectivity index (χ2v) is 14.2. The Hall–Kier alpha value is -1.55. The molecular formula is C33H51N3O. The average molecular weight is 506 g/mol. The lowest BCUT2D eigenvalue weighted by Crippen LogP contribution is -2.57. The van der Waals surface area contributed by atoms with Crippen LogP contribution in [0.3, 0.4) is 0 Å². The summed E-state index contributed by atoms with van der Waals surface area (Å²) in [6.45, 7) is 12.5. The quantitative estimate of drug-likeness (QED) is 0.302. The number of fused-ring (bicyclic) bond motifs is 5. The normalized spacial score (nSPS) is 41.5. The molecule has 4 fully saturated rings. The maximum Gasteiger partial charge on any atom is 0.0583 e. The van der Waals surface area contributed by atoms with E-state index in [2.05, 4.69) is 44.7 Å². The molecule has 0 radical (unpaired) electrons. The van der Waals surface area contributed by atoms with Gasteiger partial charge in [0.25, 0.3) is 0 Å². The van der Waals surface area contributed by atoms with Crippen LogP contribution in [0.5, 0.6) is 0 Å². The largest absolute Gasteiger partial charge is 0.393 e. The van der Waals surface area contributed by atoms with E-state index in [-0.39, 0.29) is 11.5 Å². The summed E-state index contributed by atoms with van der Waals surface area (Å²) in [5, 5.41) is 20.2. The van der Waals surface area contributed by atoms with Crippen molar-refractivity contribution in [3.8, 4) is 0 Å². The van der Waals surface area contributed by atoms with Gasteiger partial charge < -0.3 is 5.11 Å². The Balaban J connectivity index is 1.39. The van der Waals surface area contributed by atoms with Crippen molar-refractivity contribution in [1.29, 1.82) is 0 Å². The molecule has 1 heterocycles. The van der Waals surface area contributed by atoms with Crippen LogP contribution in [-0.4, -0.2) is 28.1 Å². The lowest BCUT2D eigenvalue weighted by atomic mass is 9.44. The zero-order valence-corrected chi connectivity index (χ0v) is 24.1. The van der Waals surface area contributed by atoms with Crippen LogP contribution in [0.1, 0.15) is 111 Å². The van der Waals surface area contributed by atoms with Crippen LogP contribution in [0, 0.1) is 52.3 Å². The van der Waals surface area contributed by atoms with Gasteiger partial charge in [-0.1, -0.05) is 59.9 Å². The summed E-state index contributed by atoms with van der Waals surface area (Å²) in [6.07, 6.45) is 19.0. The highest BCUT2D eigenvalue weighted by Crippen LogP contribution is 2.68. The highest BCUT2D eigenvalue weighted by Gasteiger charge is 2.62. The van der Waals surface area contributed by atoms with E-state index in [1.54, 1.807) is 6.20 Å². The van der Waals surface area contributed by atoms with E-state index in [0.717, 1.165) is 66.8 Å². The summed E-state index contributed by atoms with van der Waals surface area (Å²) < 4.78 is 0. The van der Waals surface area contributed by atoms with E-state index in [4.69, 9.17) is 5.10 Å². The van der Waals surface area contributed by atoms with Crippen molar-refractivity contribution in [2.45, 2.75) is 111 Å². The number of rotatable bonds is 7. The van der Waals surface area contributed by atoms with Crippen molar-refractivity contribution in [2.24, 2.45) is 62.5 Å². The maximum absolute atomic E-state index is 10.7. The first kappa shape index (κ1) is 27.0. The number of hydrogen-bond acceptors (Lipinski definition) is 4. The smallest absolute Gasteiger partial charge is 0.0583 e. The molecule has 0 aromatic carbocycles. The van der Waals surface area contributed by atoms with E-state index in [1.165, 1.54) is 50.7 Å². The minimum absolute atomic E-state index is 0.196. The van der Waals surface area contributed by atoms with Crippen molar-refractivity contribution >= 4 is 11.9 Å². The first-order valence-electron chi connectivity index (χ1n) is 15.4. The van der Waals surface area contributed by atoms with Crippen LogP contribution >= 0.6 is 0 Å². The first-order chi connectivity index (χ1) is 17.7. The van der Waals surface area contributed by atoms with E-state index in [0.29, 0.717) is 11.3 Å². The van der Waals surface area contributed by atoms with Crippen LogP contribution in [-0.2, 0) is 0 Å². The molecule has 4 heteroatoms. The van der Waals surface area contributed by atoms with Gasteiger partial charge >= 0.3 is 0 Å². The van der Waals surface area contributed by atoms with Gasteiger partial charge in [-0.05, 0) is 104 Å². The lowest BCUT2D eigenvalue weighted by molar-refractivity contribution is -0.0938. The number of nitrogens with zero attached hydrogens (tertiary/aromatic N) is 3. The zero-order chi connectivity index (χ0) is 26.2. The van der Waals surface area contributed by atoms with Crippen molar-refractivity contribution < 1.29 is 5.11 Å². The van der Waals surface area contributed by atoms with Gasteiger partial charge in [0.1, 0.15) is 0 Å². The molecule has 0 spiro atoms. The molecule has 1 aromatic rings. The third-order valence-electron chi connectivity index (χ3n) is 11.7. The number of hydrogen-bond donors (Lipinski definition) is 1. The fraction of sp³-hybridized carbons (Fsp3) is 0.788. The van der Waals surface area contributed by atoms with Crippen LogP contribution in [0.2, 0.25) is 0 Å². The standard InChI is InChI=1S/C33H51N3O/c1-22(2)8-6-9-23(3)27-11-12-28-26-19-31(36-35-21-24-10-7-17-34-20-24)30-18-25(37)13-15-33(30,5)29(26)14-16-32(27,28)4/h7,10,17,20-23,25-30,37H,6,8-9,11-16,18-19H2,1-5H3/b35-21+,36-31+/t23-,25+,26+,27-,28+,29+,30?,32-,33-/m1/s1. The number of aliphatic hydroxyl groups is 1. The number of pyridine rings is 1. The van der Waals surface area contributed by atoms with Gasteiger partial charge in [-0.3, -0.25) is 4.98 Å². The second kappa shape index (κ2) is 10.9. The molecule has 4 aliphatic rings. The van der Waals surface area contributed by atoms with E-state index < -0.39 is 0 Å². The number of aliphatic hydroxyl groups excluding tert-OH is 1. The summed E-state index contributed by atoms with van der Waals surface area (Å²) in [4.78, 5) is 4.21. The maximum atomic E-state index is 10.7. The van der Waals surface area contributed by atoms with Crippen molar-refractivity contribution in [3.05, 3.63) is 30.1 Å². The highest BCUT2D eigenvalue weighted by molar-refractivity contribution is 5.90. The minimum Gasteiger partial charge on any atom is -0.393 e. The topological polar surface area (TPSA) is 57.8 Å². The molecule has 0 amide bonds. The number of aromatic nitrogens is 1. The molecule has 5 rings (SSSR count). The molecule has 0 aliphatic heterocycles. The Bertz CT molecular complexity index is 973. The molecule has 4 saturated carbocycles. The van der Waals surface area contributed by atoms with Gasteiger partial charge in [0.15, 0.2) is 0 Å². The summed E-state index contributed by atoms with van der Waals surface area (Å²) in [7, 11) is 0. The molecule has 1 N–H and O–H groups in total. The zero-order valence-electron chi connectivity index (χ0n) is 24.1. The summed E-state index contributed by atoms with van der Waals surface area (Å²) in [5.41, 5.74) is 2.97. The SMILES string of the molecule is CC(C)CCC[C@@H](C)[C@H]1CC[C@H]2[C@@H]3C/C(=N\N=C\c4cccnc4)C4C[C@@H](O)CC[C@]4(C)[C@H]3CC[C@]12C. The third kappa shape index (κ3) is 5.21. The average Bonchev–Trinajstić information content (AvgIpc) is 3.23. The Labute approximate surface area is 225 Å². The summed E-state index contributed by atoms with van der Waals surface area (Å²) in [6, 6.07) is 3.97. The van der Waals surface area contributed by atoms with Crippen molar-refractivity contribution in [1.82, 2.24) is 4.98 Å².